The van der Waals surface area contributed by atoms with Crippen molar-refractivity contribution in [3.05, 3.63) is 10.7 Å². The molecule has 3 nitrogen and oxygen atoms in total. The first-order valence-electron chi connectivity index (χ1n) is 4.97. The second-order valence-corrected chi connectivity index (χ2v) is 4.91. The molecule has 0 spiro atoms. The van der Waals surface area contributed by atoms with E-state index in [1.54, 1.807) is 0 Å². The van der Waals surface area contributed by atoms with Crippen LogP contribution >= 0.6 is 11.6 Å². The van der Waals surface area contributed by atoms with E-state index in [0.29, 0.717) is 11.8 Å². The van der Waals surface area contributed by atoms with Crippen molar-refractivity contribution in [1.82, 2.24) is 0 Å². The van der Waals surface area contributed by atoms with Gasteiger partial charge in [0.15, 0.2) is 0 Å². The number of halogens is 1. The predicted molar refractivity (Wildman–Crippen MR) is 53.7 cm³/mol. The molecule has 2 fully saturated rings. The van der Waals surface area contributed by atoms with Crippen LogP contribution < -0.4 is 0 Å². The molecule has 0 radical (unpaired) electrons. The van der Waals surface area contributed by atoms with Crippen LogP contribution in [-0.2, 0) is 0 Å². The number of aliphatic hydroxyl groups excluding tert-OH is 1. The molecule has 14 heavy (non-hydrogen) atoms. The molecular weight excluding hydrogens is 200 g/mol. The lowest BCUT2D eigenvalue weighted by atomic mass is 10.1. The molecule has 2 saturated carbocycles. The highest BCUT2D eigenvalue weighted by atomic mass is 35.5. The van der Waals surface area contributed by atoms with Gasteiger partial charge in [-0.05, 0) is 6.42 Å². The van der Waals surface area contributed by atoms with Gasteiger partial charge in [0.25, 0.3) is 0 Å². The summed E-state index contributed by atoms with van der Waals surface area (Å²) in [5.41, 5.74) is 1.91. The average molecular weight is 209 g/mol. The zero-order valence-corrected chi connectivity index (χ0v) is 8.15. The molecule has 0 aromatic heterocycles. The molecule has 0 aromatic rings. The number of hydrogen-bond donors (Lipinski definition) is 1. The highest BCUT2D eigenvalue weighted by molar-refractivity contribution is 6.34. The first-order chi connectivity index (χ1) is 6.77. The second-order valence-electron chi connectivity index (χ2n) is 4.50. The molecule has 0 bridgehead atoms. The van der Waals surface area contributed by atoms with Gasteiger partial charge in [0.05, 0.1) is 34.5 Å². The quantitative estimate of drug-likeness (QED) is 0.634. The number of dihydropyridines is 1. The number of nitrogens with zero attached hydrogens (tertiary/aromatic N) is 2. The average Bonchev–Trinajstić information content (AvgIpc) is 3.03. The Kier molecular flexibility index (Phi) is 1.15. The summed E-state index contributed by atoms with van der Waals surface area (Å²) in [6.45, 7) is 0. The minimum Gasteiger partial charge on any atom is -0.390 e. The van der Waals surface area contributed by atoms with Crippen LogP contribution in [0, 0.1) is 17.8 Å². The zero-order chi connectivity index (χ0) is 9.45. The van der Waals surface area contributed by atoms with Crippen molar-refractivity contribution >= 4 is 23.5 Å². The van der Waals surface area contributed by atoms with Gasteiger partial charge < -0.3 is 5.11 Å². The number of aliphatic imine (C=N–C) groups is 2. The van der Waals surface area contributed by atoms with Gasteiger partial charge >= 0.3 is 0 Å². The van der Waals surface area contributed by atoms with Gasteiger partial charge in [-0.15, -0.1) is 0 Å². The van der Waals surface area contributed by atoms with Crippen molar-refractivity contribution in [2.75, 3.05) is 0 Å². The highest BCUT2D eigenvalue weighted by Gasteiger charge is 2.58. The van der Waals surface area contributed by atoms with Crippen LogP contribution in [0.4, 0.5) is 0 Å². The largest absolute Gasteiger partial charge is 0.390 e. The molecule has 0 saturated heterocycles. The van der Waals surface area contributed by atoms with Crippen LogP contribution in [0.3, 0.4) is 0 Å². The third-order valence-corrected chi connectivity index (χ3v) is 4.01. The van der Waals surface area contributed by atoms with Crippen LogP contribution in [0.15, 0.2) is 20.7 Å². The number of fused-ring (bicyclic) bond motifs is 4. The van der Waals surface area contributed by atoms with Gasteiger partial charge in [0, 0.05) is 18.1 Å². The summed E-state index contributed by atoms with van der Waals surface area (Å²) in [6, 6.07) is 0.0378. The molecule has 0 aromatic carbocycles. The maximum atomic E-state index is 9.57. The first-order valence-corrected chi connectivity index (χ1v) is 5.35. The van der Waals surface area contributed by atoms with Crippen molar-refractivity contribution in [1.29, 1.82) is 0 Å². The van der Waals surface area contributed by atoms with E-state index in [4.69, 9.17) is 11.6 Å². The number of allylic oxidation sites excluding steroid dienone is 1. The third kappa shape index (κ3) is 0.743. The van der Waals surface area contributed by atoms with Gasteiger partial charge in [-0.2, -0.15) is 0 Å². The van der Waals surface area contributed by atoms with Crippen LogP contribution in [0.25, 0.3) is 0 Å². The molecule has 2 aliphatic carbocycles. The fourth-order valence-electron chi connectivity index (χ4n) is 2.50. The Labute approximate surface area is 86.2 Å². The fourth-order valence-corrected chi connectivity index (χ4v) is 2.90. The Morgan fingerprint density at radius 2 is 2.36 bits per heavy atom. The van der Waals surface area contributed by atoms with Crippen molar-refractivity contribution in [3.8, 4) is 0 Å². The Morgan fingerprint density at radius 1 is 1.50 bits per heavy atom. The minimum atomic E-state index is -0.361. The van der Waals surface area contributed by atoms with E-state index in [0.717, 1.165) is 22.9 Å². The lowest BCUT2D eigenvalue weighted by Gasteiger charge is -2.15. The van der Waals surface area contributed by atoms with E-state index in [2.05, 4.69) is 9.98 Å². The van der Waals surface area contributed by atoms with Gasteiger partial charge in [0.2, 0.25) is 0 Å². The van der Waals surface area contributed by atoms with Gasteiger partial charge in [-0.25, -0.2) is 0 Å². The predicted octanol–water partition coefficient (Wildman–Crippen LogP) is 0.971. The lowest BCUT2D eigenvalue weighted by Crippen LogP contribution is -2.17. The van der Waals surface area contributed by atoms with Gasteiger partial charge in [-0.3, -0.25) is 9.98 Å². The summed E-state index contributed by atoms with van der Waals surface area (Å²) in [7, 11) is 0. The Bertz CT molecular complexity index is 426. The molecule has 2 aliphatic heterocycles. The molecule has 4 heteroatoms. The lowest BCUT2D eigenvalue weighted by molar-refractivity contribution is 0.262. The molecule has 2 heterocycles. The SMILES string of the molecule is OC1C2N=C3C(=C(Cl)C12)N=CC1CC31. The Morgan fingerprint density at radius 3 is 3.21 bits per heavy atom. The van der Waals surface area contributed by atoms with Crippen LogP contribution in [-0.4, -0.2) is 29.2 Å². The molecule has 72 valence electrons. The number of rotatable bonds is 0. The van der Waals surface area contributed by atoms with Crippen LogP contribution in [0.2, 0.25) is 0 Å². The maximum absolute atomic E-state index is 9.57. The normalized spacial score (nSPS) is 51.9. The van der Waals surface area contributed by atoms with E-state index in [-0.39, 0.29) is 18.1 Å². The summed E-state index contributed by atoms with van der Waals surface area (Å²) >= 11 is 6.19. The minimum absolute atomic E-state index is 0.0378. The summed E-state index contributed by atoms with van der Waals surface area (Å²) in [5, 5.41) is 10.3. The van der Waals surface area contributed by atoms with E-state index in [1.165, 1.54) is 0 Å². The van der Waals surface area contributed by atoms with Crippen molar-refractivity contribution in [2.45, 2.75) is 18.6 Å². The summed E-state index contributed by atoms with van der Waals surface area (Å²) < 4.78 is 0. The Hall–Kier alpha value is -0.670. The standard InChI is InChI=1S/C10H9ClN2O/c11-6-5-8(10(5)14)13-7-4-1-3(4)2-12-9(6)7/h2-5,8,10,14H,1H2. The molecular formula is C10H9ClN2O. The van der Waals surface area contributed by atoms with Crippen molar-refractivity contribution in [3.63, 3.8) is 0 Å². The molecule has 4 aliphatic rings. The highest BCUT2D eigenvalue weighted by Crippen LogP contribution is 2.53. The van der Waals surface area contributed by atoms with E-state index in [9.17, 15) is 5.11 Å². The summed E-state index contributed by atoms with van der Waals surface area (Å²) in [6.07, 6.45) is 2.78. The summed E-state index contributed by atoms with van der Waals surface area (Å²) in [5.74, 6) is 1.18. The van der Waals surface area contributed by atoms with Crippen LogP contribution in [0.5, 0.6) is 0 Å². The second kappa shape index (κ2) is 2.12. The van der Waals surface area contributed by atoms with Gasteiger partial charge in [-0.1, -0.05) is 11.6 Å². The van der Waals surface area contributed by atoms with E-state index in [1.807, 2.05) is 6.21 Å². The molecule has 0 amide bonds. The third-order valence-electron chi connectivity index (χ3n) is 3.58. The molecule has 1 N–H and O–H groups in total. The van der Waals surface area contributed by atoms with Crippen molar-refractivity contribution in [2.24, 2.45) is 27.7 Å². The topological polar surface area (TPSA) is 45.0 Å². The summed E-state index contributed by atoms with van der Waals surface area (Å²) in [4.78, 5) is 8.89. The van der Waals surface area contributed by atoms with E-state index >= 15 is 0 Å². The molecule has 4 rings (SSSR count). The van der Waals surface area contributed by atoms with Crippen molar-refractivity contribution < 1.29 is 5.11 Å². The molecule has 5 unspecified atom stereocenters. The number of aliphatic hydroxyl groups is 1. The monoisotopic (exact) mass is 208 g/mol. The maximum Gasteiger partial charge on any atom is 0.0988 e. The number of hydrogen-bond acceptors (Lipinski definition) is 3. The zero-order valence-electron chi connectivity index (χ0n) is 7.39. The van der Waals surface area contributed by atoms with Gasteiger partial charge in [0.1, 0.15) is 0 Å². The van der Waals surface area contributed by atoms with Crippen LogP contribution in [0.1, 0.15) is 6.42 Å². The van der Waals surface area contributed by atoms with E-state index < -0.39 is 0 Å². The Balaban J connectivity index is 1.89. The molecule has 5 atom stereocenters. The first kappa shape index (κ1) is 7.60. The fraction of sp³-hybridized carbons (Fsp3) is 0.600. The smallest absolute Gasteiger partial charge is 0.0988 e.